The van der Waals surface area contributed by atoms with E-state index in [2.05, 4.69) is 60.0 Å². The Balaban J connectivity index is 0.000000479. The molecule has 0 aliphatic rings. The first-order valence-electron chi connectivity index (χ1n) is 11.4. The Kier molecular flexibility index (Phi) is 8.95. The summed E-state index contributed by atoms with van der Waals surface area (Å²) in [7, 11) is 3.30. The van der Waals surface area contributed by atoms with Crippen molar-refractivity contribution >= 4 is 5.97 Å². The van der Waals surface area contributed by atoms with Crippen molar-refractivity contribution in [3.8, 4) is 33.9 Å². The Bertz CT molecular complexity index is 1340. The van der Waals surface area contributed by atoms with Crippen LogP contribution in [-0.4, -0.2) is 41.0 Å². The van der Waals surface area contributed by atoms with Gasteiger partial charge in [-0.1, -0.05) is 55.5 Å². The first-order valence-corrected chi connectivity index (χ1v) is 11.4. The smallest absolute Gasteiger partial charge is 0.490 e. The van der Waals surface area contributed by atoms with Crippen molar-refractivity contribution in [2.45, 2.75) is 26.1 Å². The third-order valence-electron chi connectivity index (χ3n) is 5.57. The standard InChI is InChI=1S/C26H26N2O2.C2HF3O2/c1-4-23-26(22-13-14-24(29-2)25(16-22)30-3)27-18-28(23)17-19-9-8-12-21(15-19)20-10-6-5-7-11-20;3-2(4,5)1(6)7/h5-16,18H,4,17H2,1-3H3;(H,6,7). The van der Waals surface area contributed by atoms with E-state index in [4.69, 9.17) is 24.4 Å². The van der Waals surface area contributed by atoms with Crippen LogP contribution in [0.3, 0.4) is 0 Å². The van der Waals surface area contributed by atoms with Crippen molar-refractivity contribution in [1.29, 1.82) is 0 Å². The zero-order valence-corrected chi connectivity index (χ0v) is 20.6. The van der Waals surface area contributed by atoms with Gasteiger partial charge in [0.25, 0.3) is 0 Å². The summed E-state index contributed by atoms with van der Waals surface area (Å²) in [4.78, 5) is 13.6. The van der Waals surface area contributed by atoms with E-state index in [9.17, 15) is 13.2 Å². The Morgan fingerprint density at radius 1 is 0.892 bits per heavy atom. The van der Waals surface area contributed by atoms with Gasteiger partial charge in [0.15, 0.2) is 11.5 Å². The van der Waals surface area contributed by atoms with Gasteiger partial charge in [-0.25, -0.2) is 9.78 Å². The number of carboxylic acid groups (broad SMARTS) is 1. The molecule has 0 unspecified atom stereocenters. The van der Waals surface area contributed by atoms with Crippen molar-refractivity contribution < 1.29 is 32.5 Å². The monoisotopic (exact) mass is 512 g/mol. The highest BCUT2D eigenvalue weighted by Crippen LogP contribution is 2.33. The van der Waals surface area contributed by atoms with Crippen LogP contribution in [-0.2, 0) is 17.8 Å². The second-order valence-corrected chi connectivity index (χ2v) is 7.96. The van der Waals surface area contributed by atoms with Crippen molar-refractivity contribution in [1.82, 2.24) is 9.55 Å². The quantitative estimate of drug-likeness (QED) is 0.307. The van der Waals surface area contributed by atoms with Crippen molar-refractivity contribution in [3.05, 3.63) is 90.4 Å². The Labute approximate surface area is 212 Å². The number of rotatable bonds is 7. The fourth-order valence-corrected chi connectivity index (χ4v) is 3.82. The van der Waals surface area contributed by atoms with Crippen LogP contribution in [0.2, 0.25) is 0 Å². The molecule has 0 spiro atoms. The van der Waals surface area contributed by atoms with Gasteiger partial charge in [-0.2, -0.15) is 13.2 Å². The summed E-state index contributed by atoms with van der Waals surface area (Å²) in [6, 6.07) is 25.1. The van der Waals surface area contributed by atoms with Crippen LogP contribution in [0, 0.1) is 0 Å². The topological polar surface area (TPSA) is 73.6 Å². The fourth-order valence-electron chi connectivity index (χ4n) is 3.82. The molecule has 3 aromatic carbocycles. The van der Waals surface area contributed by atoms with Gasteiger partial charge < -0.3 is 19.1 Å². The van der Waals surface area contributed by atoms with Crippen molar-refractivity contribution in [2.75, 3.05) is 14.2 Å². The molecule has 37 heavy (non-hydrogen) atoms. The van der Waals surface area contributed by atoms with Crippen LogP contribution in [0.25, 0.3) is 22.4 Å². The van der Waals surface area contributed by atoms with Crippen molar-refractivity contribution in [3.63, 3.8) is 0 Å². The largest absolute Gasteiger partial charge is 0.493 e. The van der Waals surface area contributed by atoms with Gasteiger partial charge in [0, 0.05) is 17.8 Å². The number of imidazole rings is 1. The molecule has 0 amide bonds. The summed E-state index contributed by atoms with van der Waals surface area (Å²) >= 11 is 0. The number of alkyl halides is 3. The summed E-state index contributed by atoms with van der Waals surface area (Å²) in [6.07, 6.45) is -2.26. The van der Waals surface area contributed by atoms with E-state index in [1.165, 1.54) is 22.4 Å². The van der Waals surface area contributed by atoms with Crippen LogP contribution in [0.1, 0.15) is 18.2 Å². The first-order chi connectivity index (χ1) is 17.7. The fraction of sp³-hybridized carbons (Fsp3) is 0.214. The Morgan fingerprint density at radius 3 is 2.14 bits per heavy atom. The summed E-state index contributed by atoms with van der Waals surface area (Å²) in [5.41, 5.74) is 6.92. The maximum absolute atomic E-state index is 10.6. The highest BCUT2D eigenvalue weighted by atomic mass is 19.4. The van der Waals surface area contributed by atoms with Crippen LogP contribution in [0.15, 0.2) is 79.1 Å². The highest BCUT2D eigenvalue weighted by molar-refractivity contribution is 5.73. The number of hydrogen-bond acceptors (Lipinski definition) is 4. The number of methoxy groups -OCH3 is 2. The van der Waals surface area contributed by atoms with Crippen LogP contribution in [0.5, 0.6) is 11.5 Å². The molecule has 0 saturated heterocycles. The normalized spacial score (nSPS) is 10.9. The Hall–Kier alpha value is -4.27. The molecule has 1 heterocycles. The van der Waals surface area contributed by atoms with Gasteiger partial charge in [0.1, 0.15) is 0 Å². The Morgan fingerprint density at radius 2 is 1.54 bits per heavy atom. The number of ether oxygens (including phenoxy) is 2. The molecule has 4 aromatic rings. The van der Waals surface area contributed by atoms with Crippen LogP contribution in [0.4, 0.5) is 13.2 Å². The summed E-state index contributed by atoms with van der Waals surface area (Å²) in [5, 5.41) is 7.12. The predicted octanol–water partition coefficient (Wildman–Crippen LogP) is 6.48. The number of carbonyl (C=O) groups is 1. The van der Waals surface area contributed by atoms with E-state index in [1.807, 2.05) is 30.6 Å². The molecule has 4 rings (SSSR count). The maximum Gasteiger partial charge on any atom is 0.490 e. The van der Waals surface area contributed by atoms with Gasteiger partial charge in [-0.3, -0.25) is 0 Å². The van der Waals surface area contributed by atoms with E-state index in [0.29, 0.717) is 5.75 Å². The predicted molar refractivity (Wildman–Crippen MR) is 135 cm³/mol. The molecule has 194 valence electrons. The second-order valence-electron chi connectivity index (χ2n) is 7.96. The maximum atomic E-state index is 10.6. The second kappa shape index (κ2) is 12.1. The zero-order valence-electron chi connectivity index (χ0n) is 20.6. The third kappa shape index (κ3) is 6.91. The van der Waals surface area contributed by atoms with Gasteiger partial charge in [0.2, 0.25) is 0 Å². The summed E-state index contributed by atoms with van der Waals surface area (Å²) < 4.78 is 44.8. The molecule has 9 heteroatoms. The van der Waals surface area contributed by atoms with Crippen molar-refractivity contribution in [2.24, 2.45) is 0 Å². The molecule has 0 saturated carbocycles. The molecule has 0 aliphatic carbocycles. The van der Waals surface area contributed by atoms with Gasteiger partial charge >= 0.3 is 12.1 Å². The zero-order chi connectivity index (χ0) is 27.0. The molecule has 0 bridgehead atoms. The van der Waals surface area contributed by atoms with Crippen LogP contribution >= 0.6 is 0 Å². The average Bonchev–Trinajstić information content (AvgIpc) is 3.31. The lowest BCUT2D eigenvalue weighted by Crippen LogP contribution is -2.21. The number of aromatic nitrogens is 2. The number of nitrogens with zero attached hydrogens (tertiary/aromatic N) is 2. The lowest BCUT2D eigenvalue weighted by atomic mass is 10.0. The van der Waals surface area contributed by atoms with Gasteiger partial charge in [0.05, 0.1) is 26.2 Å². The number of hydrogen-bond donors (Lipinski definition) is 1. The van der Waals surface area contributed by atoms with Gasteiger partial charge in [-0.05, 0) is 47.4 Å². The highest BCUT2D eigenvalue weighted by Gasteiger charge is 2.38. The molecule has 6 nitrogen and oxygen atoms in total. The molecule has 0 fully saturated rings. The molecule has 1 aromatic heterocycles. The average molecular weight is 513 g/mol. The molecule has 0 aliphatic heterocycles. The summed E-state index contributed by atoms with van der Waals surface area (Å²) in [5.74, 6) is -1.33. The summed E-state index contributed by atoms with van der Waals surface area (Å²) in [6.45, 7) is 2.95. The van der Waals surface area contributed by atoms with E-state index in [1.54, 1.807) is 14.2 Å². The number of aliphatic carboxylic acids is 1. The SMILES string of the molecule is CCc1c(-c2ccc(OC)c(OC)c2)ncn1Cc1cccc(-c2ccccc2)c1.O=C(O)C(F)(F)F. The number of carboxylic acids is 1. The molecule has 0 radical (unpaired) electrons. The third-order valence-corrected chi connectivity index (χ3v) is 5.57. The minimum atomic E-state index is -5.08. The minimum absolute atomic E-state index is 0.710. The first kappa shape index (κ1) is 27.3. The number of halogens is 3. The molecular weight excluding hydrogens is 485 g/mol. The lowest BCUT2D eigenvalue weighted by Gasteiger charge is -2.12. The number of benzene rings is 3. The van der Waals surface area contributed by atoms with E-state index in [-0.39, 0.29) is 0 Å². The minimum Gasteiger partial charge on any atom is -0.493 e. The van der Waals surface area contributed by atoms with Gasteiger partial charge in [-0.15, -0.1) is 0 Å². The van der Waals surface area contributed by atoms with E-state index < -0.39 is 12.1 Å². The molecular formula is C28H27F3N2O4. The van der Waals surface area contributed by atoms with E-state index >= 15 is 0 Å². The van der Waals surface area contributed by atoms with Crippen LogP contribution < -0.4 is 9.47 Å². The molecule has 0 atom stereocenters. The lowest BCUT2D eigenvalue weighted by molar-refractivity contribution is -0.192. The van der Waals surface area contributed by atoms with E-state index in [0.717, 1.165) is 30.0 Å². The molecule has 1 N–H and O–H groups in total.